The van der Waals surface area contributed by atoms with E-state index in [9.17, 15) is 8.78 Å². The summed E-state index contributed by atoms with van der Waals surface area (Å²) in [5.74, 6) is -1.50. The Morgan fingerprint density at radius 2 is 1.87 bits per heavy atom. The van der Waals surface area contributed by atoms with Crippen LogP contribution < -0.4 is 5.73 Å². The Kier molecular flexibility index (Phi) is 2.19. The number of aryl methyl sites for hydroxylation is 1. The maximum absolute atomic E-state index is 13.6. The van der Waals surface area contributed by atoms with Crippen molar-refractivity contribution in [3.8, 4) is 11.1 Å². The molecule has 2 N–H and O–H groups in total. The molecule has 2 rings (SSSR count). The molecule has 4 heteroatoms. The molecule has 78 valence electrons. The van der Waals surface area contributed by atoms with Crippen LogP contribution in [0.5, 0.6) is 0 Å². The van der Waals surface area contributed by atoms with E-state index in [1.54, 1.807) is 6.92 Å². The molecule has 0 fully saturated rings. The van der Waals surface area contributed by atoms with Crippen LogP contribution in [0.25, 0.3) is 11.1 Å². The third-order valence-electron chi connectivity index (χ3n) is 2.27. The first-order valence-electron chi connectivity index (χ1n) is 4.38. The van der Waals surface area contributed by atoms with Gasteiger partial charge in [-0.25, -0.2) is 8.78 Å². The molecule has 0 saturated heterocycles. The van der Waals surface area contributed by atoms with Crippen LogP contribution in [0.1, 0.15) is 5.56 Å². The minimum Gasteiger partial charge on any atom is -0.472 e. The Bertz CT molecular complexity index is 505. The summed E-state index contributed by atoms with van der Waals surface area (Å²) >= 11 is 0. The molecule has 0 aliphatic heterocycles. The second kappa shape index (κ2) is 3.38. The molecule has 0 atom stereocenters. The third kappa shape index (κ3) is 1.48. The first kappa shape index (κ1) is 9.71. The van der Waals surface area contributed by atoms with Gasteiger partial charge in [-0.3, -0.25) is 0 Å². The van der Waals surface area contributed by atoms with Gasteiger partial charge < -0.3 is 10.2 Å². The van der Waals surface area contributed by atoms with Crippen molar-refractivity contribution in [3.05, 3.63) is 41.9 Å². The number of hydrogen-bond donors (Lipinski definition) is 1. The van der Waals surface area contributed by atoms with Crippen molar-refractivity contribution in [3.63, 3.8) is 0 Å². The maximum atomic E-state index is 13.6. The van der Waals surface area contributed by atoms with E-state index in [0.717, 1.165) is 11.6 Å². The molecule has 15 heavy (non-hydrogen) atoms. The summed E-state index contributed by atoms with van der Waals surface area (Å²) in [7, 11) is 0. The first-order valence-corrected chi connectivity index (χ1v) is 4.38. The summed E-state index contributed by atoms with van der Waals surface area (Å²) in [5, 5.41) is 0. The van der Waals surface area contributed by atoms with Crippen LogP contribution >= 0.6 is 0 Å². The number of rotatable bonds is 1. The topological polar surface area (TPSA) is 39.2 Å². The van der Waals surface area contributed by atoms with Gasteiger partial charge in [-0.2, -0.15) is 0 Å². The van der Waals surface area contributed by atoms with Gasteiger partial charge in [0.25, 0.3) is 0 Å². The van der Waals surface area contributed by atoms with E-state index >= 15 is 0 Å². The minimum atomic E-state index is -0.752. The van der Waals surface area contributed by atoms with Crippen LogP contribution in [0.4, 0.5) is 14.5 Å². The van der Waals surface area contributed by atoms with Gasteiger partial charge in [-0.05, 0) is 24.6 Å². The monoisotopic (exact) mass is 209 g/mol. The van der Waals surface area contributed by atoms with Gasteiger partial charge >= 0.3 is 0 Å². The zero-order valence-electron chi connectivity index (χ0n) is 8.05. The SMILES string of the molecule is Cc1cocc1-c1ccc(F)c(N)c1F. The standard InChI is InChI=1S/C11H9F2NO/c1-6-4-15-5-8(6)7-2-3-9(12)11(14)10(7)13/h2-5H,14H2,1H3. The van der Waals surface area contributed by atoms with Gasteiger partial charge in [-0.15, -0.1) is 0 Å². The molecule has 0 amide bonds. The van der Waals surface area contributed by atoms with Crippen LogP contribution in [0.2, 0.25) is 0 Å². The van der Waals surface area contributed by atoms with E-state index in [1.807, 2.05) is 0 Å². The first-order chi connectivity index (χ1) is 7.11. The molecule has 0 aliphatic carbocycles. The lowest BCUT2D eigenvalue weighted by molar-refractivity contribution is 0.565. The normalized spacial score (nSPS) is 10.6. The summed E-state index contributed by atoms with van der Waals surface area (Å²) in [6.07, 6.45) is 2.90. The predicted octanol–water partition coefficient (Wildman–Crippen LogP) is 3.12. The fourth-order valence-corrected chi connectivity index (χ4v) is 1.41. The highest BCUT2D eigenvalue weighted by atomic mass is 19.1. The average molecular weight is 209 g/mol. The lowest BCUT2D eigenvalue weighted by Crippen LogP contribution is -1.97. The van der Waals surface area contributed by atoms with Crippen molar-refractivity contribution in [1.29, 1.82) is 0 Å². The molecule has 2 nitrogen and oxygen atoms in total. The van der Waals surface area contributed by atoms with Crippen LogP contribution in [-0.2, 0) is 0 Å². The van der Waals surface area contributed by atoms with Gasteiger partial charge in [0.1, 0.15) is 11.5 Å². The van der Waals surface area contributed by atoms with E-state index in [2.05, 4.69) is 0 Å². The molecule has 0 saturated carbocycles. The van der Waals surface area contributed by atoms with Gasteiger partial charge in [-0.1, -0.05) is 0 Å². The van der Waals surface area contributed by atoms with E-state index in [-0.39, 0.29) is 5.56 Å². The number of halogens is 2. The Morgan fingerprint density at radius 3 is 2.47 bits per heavy atom. The number of nitrogens with two attached hydrogens (primary N) is 1. The highest BCUT2D eigenvalue weighted by Crippen LogP contribution is 2.30. The van der Waals surface area contributed by atoms with Crippen molar-refractivity contribution >= 4 is 5.69 Å². The fourth-order valence-electron chi connectivity index (χ4n) is 1.41. The van der Waals surface area contributed by atoms with Gasteiger partial charge in [0.05, 0.1) is 12.5 Å². The van der Waals surface area contributed by atoms with Crippen molar-refractivity contribution < 1.29 is 13.2 Å². The van der Waals surface area contributed by atoms with Crippen LogP contribution in [0.3, 0.4) is 0 Å². The summed E-state index contributed by atoms with van der Waals surface area (Å²) in [4.78, 5) is 0. The molecular weight excluding hydrogens is 200 g/mol. The number of hydrogen-bond acceptors (Lipinski definition) is 2. The van der Waals surface area contributed by atoms with Gasteiger partial charge in [0.2, 0.25) is 0 Å². The van der Waals surface area contributed by atoms with Crippen LogP contribution in [0, 0.1) is 18.6 Å². The zero-order chi connectivity index (χ0) is 11.0. The van der Waals surface area contributed by atoms with Crippen LogP contribution in [0.15, 0.2) is 29.1 Å². The lowest BCUT2D eigenvalue weighted by atomic mass is 10.0. The molecule has 0 radical (unpaired) electrons. The number of benzene rings is 1. The second-order valence-corrected chi connectivity index (χ2v) is 3.29. The molecular formula is C11H9F2NO. The lowest BCUT2D eigenvalue weighted by Gasteiger charge is -2.04. The summed E-state index contributed by atoms with van der Waals surface area (Å²) in [6, 6.07) is 2.49. The van der Waals surface area contributed by atoms with E-state index in [1.165, 1.54) is 18.6 Å². The van der Waals surface area contributed by atoms with Crippen LogP contribution in [-0.4, -0.2) is 0 Å². The average Bonchev–Trinajstić information content (AvgIpc) is 2.62. The second-order valence-electron chi connectivity index (χ2n) is 3.29. The van der Waals surface area contributed by atoms with Crippen molar-refractivity contribution in [2.24, 2.45) is 0 Å². The zero-order valence-corrected chi connectivity index (χ0v) is 8.05. The van der Waals surface area contributed by atoms with Gasteiger partial charge in [0, 0.05) is 11.1 Å². The minimum absolute atomic E-state index is 0.250. The number of furan rings is 1. The molecule has 0 spiro atoms. The quantitative estimate of drug-likeness (QED) is 0.733. The Balaban J connectivity index is 2.65. The molecule has 1 heterocycles. The maximum Gasteiger partial charge on any atom is 0.157 e. The largest absolute Gasteiger partial charge is 0.472 e. The molecule has 1 aromatic heterocycles. The smallest absolute Gasteiger partial charge is 0.157 e. The Labute approximate surface area is 85.3 Å². The Hall–Kier alpha value is -1.84. The summed E-state index contributed by atoms with van der Waals surface area (Å²) in [5.41, 5.74) is 6.40. The highest BCUT2D eigenvalue weighted by molar-refractivity contribution is 5.70. The van der Waals surface area contributed by atoms with E-state index < -0.39 is 17.3 Å². The summed E-state index contributed by atoms with van der Waals surface area (Å²) in [6.45, 7) is 1.78. The number of anilines is 1. The molecule has 0 bridgehead atoms. The van der Waals surface area contributed by atoms with Crippen molar-refractivity contribution in [2.75, 3.05) is 5.73 Å². The molecule has 2 aromatic rings. The van der Waals surface area contributed by atoms with Crippen molar-refractivity contribution in [2.45, 2.75) is 6.92 Å². The number of nitrogen functional groups attached to an aromatic ring is 1. The summed E-state index contributed by atoms with van der Waals surface area (Å²) < 4.78 is 31.4. The Morgan fingerprint density at radius 1 is 1.13 bits per heavy atom. The van der Waals surface area contributed by atoms with E-state index in [4.69, 9.17) is 10.2 Å². The van der Waals surface area contributed by atoms with E-state index in [0.29, 0.717) is 5.56 Å². The fraction of sp³-hybridized carbons (Fsp3) is 0.0909. The molecule has 0 aliphatic rings. The third-order valence-corrected chi connectivity index (χ3v) is 2.27. The predicted molar refractivity (Wildman–Crippen MR) is 53.2 cm³/mol. The molecule has 1 aromatic carbocycles. The molecule has 0 unspecified atom stereocenters. The highest BCUT2D eigenvalue weighted by Gasteiger charge is 2.14. The van der Waals surface area contributed by atoms with Gasteiger partial charge in [0.15, 0.2) is 5.82 Å². The van der Waals surface area contributed by atoms with Crippen molar-refractivity contribution in [1.82, 2.24) is 0 Å².